The van der Waals surface area contributed by atoms with Gasteiger partial charge in [0.15, 0.2) is 0 Å². The summed E-state index contributed by atoms with van der Waals surface area (Å²) in [7, 11) is 0. The second-order valence-electron chi connectivity index (χ2n) is 4.67. The monoisotopic (exact) mass is 239 g/mol. The lowest BCUT2D eigenvalue weighted by Crippen LogP contribution is -2.42. The van der Waals surface area contributed by atoms with Crippen molar-refractivity contribution in [3.8, 4) is 0 Å². The Morgan fingerprint density at radius 1 is 1.38 bits per heavy atom. The van der Waals surface area contributed by atoms with Crippen LogP contribution in [0.4, 0.5) is 0 Å². The minimum Gasteiger partial charge on any atom is -0.392 e. The summed E-state index contributed by atoms with van der Waals surface area (Å²) in [6.07, 6.45) is 2.07. The molecule has 1 saturated carbocycles. The van der Waals surface area contributed by atoms with Gasteiger partial charge in [0.2, 0.25) is 0 Å². The van der Waals surface area contributed by atoms with Gasteiger partial charge in [-0.05, 0) is 43.4 Å². The van der Waals surface area contributed by atoms with Crippen LogP contribution in [0.1, 0.15) is 31.2 Å². The fourth-order valence-electron chi connectivity index (χ4n) is 2.13. The zero-order chi connectivity index (χ0) is 11.5. The molecule has 0 saturated heterocycles. The van der Waals surface area contributed by atoms with E-state index in [1.165, 1.54) is 5.56 Å². The van der Waals surface area contributed by atoms with Crippen LogP contribution in [0.5, 0.6) is 0 Å². The van der Waals surface area contributed by atoms with Gasteiger partial charge in [-0.2, -0.15) is 0 Å². The molecular formula is C13H18ClNO. The van der Waals surface area contributed by atoms with Gasteiger partial charge in [-0.1, -0.05) is 23.7 Å². The van der Waals surface area contributed by atoms with Crippen molar-refractivity contribution < 1.29 is 5.11 Å². The number of hydrogen-bond donors (Lipinski definition) is 2. The summed E-state index contributed by atoms with van der Waals surface area (Å²) in [5, 5.41) is 13.3. The highest BCUT2D eigenvalue weighted by Gasteiger charge is 2.29. The number of aliphatic hydroxyl groups excluding tert-OH is 1. The number of aliphatic hydroxyl groups is 1. The number of rotatable bonds is 4. The van der Waals surface area contributed by atoms with Crippen LogP contribution in [0.2, 0.25) is 5.02 Å². The maximum Gasteiger partial charge on any atom is 0.0636 e. The van der Waals surface area contributed by atoms with Crippen LogP contribution < -0.4 is 5.32 Å². The zero-order valence-electron chi connectivity index (χ0n) is 9.49. The largest absolute Gasteiger partial charge is 0.392 e. The van der Waals surface area contributed by atoms with Crippen molar-refractivity contribution in [3.63, 3.8) is 0 Å². The molecule has 2 nitrogen and oxygen atoms in total. The van der Waals surface area contributed by atoms with Gasteiger partial charge in [0.05, 0.1) is 6.10 Å². The molecule has 0 bridgehead atoms. The minimum absolute atomic E-state index is 0.255. The number of benzene rings is 1. The Morgan fingerprint density at radius 2 is 2.00 bits per heavy atom. The van der Waals surface area contributed by atoms with E-state index in [0.29, 0.717) is 18.5 Å². The van der Waals surface area contributed by atoms with Crippen molar-refractivity contribution >= 4 is 11.6 Å². The Kier molecular flexibility index (Phi) is 3.85. The summed E-state index contributed by atoms with van der Waals surface area (Å²) in [6.45, 7) is 2.50. The van der Waals surface area contributed by atoms with Crippen molar-refractivity contribution in [2.75, 3.05) is 6.54 Å². The Balaban J connectivity index is 1.77. The topological polar surface area (TPSA) is 32.3 Å². The first-order valence-corrected chi connectivity index (χ1v) is 6.20. The van der Waals surface area contributed by atoms with Gasteiger partial charge >= 0.3 is 0 Å². The van der Waals surface area contributed by atoms with E-state index < -0.39 is 0 Å². The quantitative estimate of drug-likeness (QED) is 0.847. The van der Waals surface area contributed by atoms with Crippen molar-refractivity contribution in [3.05, 3.63) is 34.9 Å². The van der Waals surface area contributed by atoms with Gasteiger partial charge in [-0.15, -0.1) is 0 Å². The van der Waals surface area contributed by atoms with E-state index in [9.17, 15) is 0 Å². The van der Waals surface area contributed by atoms with E-state index in [4.69, 9.17) is 16.7 Å². The fraction of sp³-hybridized carbons (Fsp3) is 0.538. The van der Waals surface area contributed by atoms with E-state index in [1.807, 2.05) is 19.1 Å². The maximum atomic E-state index is 9.16. The summed E-state index contributed by atoms with van der Waals surface area (Å²) < 4.78 is 0. The Labute approximate surface area is 102 Å². The van der Waals surface area contributed by atoms with E-state index >= 15 is 0 Å². The average molecular weight is 240 g/mol. The molecule has 16 heavy (non-hydrogen) atoms. The summed E-state index contributed by atoms with van der Waals surface area (Å²) in [6, 6.07) is 8.69. The maximum absolute atomic E-state index is 9.16. The molecule has 3 heteroatoms. The second-order valence-corrected chi connectivity index (χ2v) is 5.11. The van der Waals surface area contributed by atoms with Crippen LogP contribution in [-0.2, 0) is 0 Å². The lowest BCUT2D eigenvalue weighted by molar-refractivity contribution is 0.171. The van der Waals surface area contributed by atoms with Gasteiger partial charge in [-0.3, -0.25) is 0 Å². The van der Waals surface area contributed by atoms with Gasteiger partial charge in [0.1, 0.15) is 0 Å². The lowest BCUT2D eigenvalue weighted by Gasteiger charge is -2.36. The van der Waals surface area contributed by atoms with Crippen LogP contribution in [-0.4, -0.2) is 23.8 Å². The van der Waals surface area contributed by atoms with Crippen molar-refractivity contribution in [1.29, 1.82) is 0 Å². The highest BCUT2D eigenvalue weighted by Crippen LogP contribution is 2.37. The van der Waals surface area contributed by atoms with E-state index in [1.54, 1.807) is 0 Å². The van der Waals surface area contributed by atoms with Gasteiger partial charge in [0, 0.05) is 17.6 Å². The molecule has 0 heterocycles. The average Bonchev–Trinajstić information content (AvgIpc) is 2.18. The summed E-state index contributed by atoms with van der Waals surface area (Å²) in [5.41, 5.74) is 1.37. The number of hydrogen-bond acceptors (Lipinski definition) is 2. The minimum atomic E-state index is -0.255. The fourth-order valence-corrected chi connectivity index (χ4v) is 2.25. The molecule has 1 aliphatic carbocycles. The molecule has 1 unspecified atom stereocenters. The van der Waals surface area contributed by atoms with Gasteiger partial charge in [-0.25, -0.2) is 0 Å². The molecule has 1 aliphatic rings. The SMILES string of the molecule is CC(O)CNC1CC(c2ccc(Cl)cc2)C1. The van der Waals surface area contributed by atoms with Crippen LogP contribution in [0, 0.1) is 0 Å². The van der Waals surface area contributed by atoms with Crippen molar-refractivity contribution in [2.45, 2.75) is 37.8 Å². The Hall–Kier alpha value is -0.570. The highest BCUT2D eigenvalue weighted by atomic mass is 35.5. The first kappa shape index (κ1) is 11.9. The third-order valence-corrected chi connectivity index (χ3v) is 3.43. The molecule has 0 radical (unpaired) electrons. The predicted octanol–water partition coefficient (Wildman–Crippen LogP) is 2.56. The van der Waals surface area contributed by atoms with Crippen LogP contribution >= 0.6 is 11.6 Å². The molecule has 0 amide bonds. The molecule has 1 fully saturated rings. The Bertz CT molecular complexity index is 330. The molecule has 0 aromatic heterocycles. The van der Waals surface area contributed by atoms with Crippen LogP contribution in [0.25, 0.3) is 0 Å². The molecule has 2 rings (SSSR count). The third kappa shape index (κ3) is 2.97. The number of nitrogens with one attached hydrogen (secondary N) is 1. The van der Waals surface area contributed by atoms with Crippen LogP contribution in [0.3, 0.4) is 0 Å². The van der Waals surface area contributed by atoms with Gasteiger partial charge < -0.3 is 10.4 Å². The Morgan fingerprint density at radius 3 is 2.56 bits per heavy atom. The third-order valence-electron chi connectivity index (χ3n) is 3.18. The first-order chi connectivity index (χ1) is 7.65. The molecule has 2 N–H and O–H groups in total. The molecule has 0 spiro atoms. The molecule has 1 aromatic rings. The highest BCUT2D eigenvalue weighted by molar-refractivity contribution is 6.30. The normalized spacial score (nSPS) is 26.2. The summed E-state index contributed by atoms with van der Waals surface area (Å²) in [4.78, 5) is 0. The predicted molar refractivity (Wildman–Crippen MR) is 66.9 cm³/mol. The summed E-state index contributed by atoms with van der Waals surface area (Å²) >= 11 is 5.85. The second kappa shape index (κ2) is 5.17. The van der Waals surface area contributed by atoms with Gasteiger partial charge in [0.25, 0.3) is 0 Å². The smallest absolute Gasteiger partial charge is 0.0636 e. The summed E-state index contributed by atoms with van der Waals surface area (Å²) in [5.74, 6) is 0.656. The number of halogens is 1. The molecule has 1 atom stereocenters. The van der Waals surface area contributed by atoms with E-state index in [-0.39, 0.29) is 6.10 Å². The van der Waals surface area contributed by atoms with E-state index in [2.05, 4.69) is 17.4 Å². The standard InChI is InChI=1S/C13H18ClNO/c1-9(16)8-15-13-6-11(7-13)10-2-4-12(14)5-3-10/h2-5,9,11,13,15-16H,6-8H2,1H3. The molecule has 88 valence electrons. The molecule has 0 aliphatic heterocycles. The zero-order valence-corrected chi connectivity index (χ0v) is 10.2. The lowest BCUT2D eigenvalue weighted by atomic mass is 9.76. The van der Waals surface area contributed by atoms with Crippen LogP contribution in [0.15, 0.2) is 24.3 Å². The first-order valence-electron chi connectivity index (χ1n) is 5.82. The van der Waals surface area contributed by atoms with Crippen molar-refractivity contribution in [1.82, 2.24) is 5.32 Å². The van der Waals surface area contributed by atoms with E-state index in [0.717, 1.165) is 17.9 Å². The molecule has 1 aromatic carbocycles. The van der Waals surface area contributed by atoms with Crippen molar-refractivity contribution in [2.24, 2.45) is 0 Å². The molecular weight excluding hydrogens is 222 g/mol.